The molecule has 0 unspecified atom stereocenters. The predicted octanol–water partition coefficient (Wildman–Crippen LogP) is 2.99. The Hall–Kier alpha value is -3.29. The number of nitrogens with zero attached hydrogens (tertiary/aromatic N) is 5. The highest BCUT2D eigenvalue weighted by molar-refractivity contribution is 6.00. The number of rotatable bonds is 4. The minimum atomic E-state index is -0.250. The van der Waals surface area contributed by atoms with Crippen LogP contribution in [0.2, 0.25) is 0 Å². The first-order valence-corrected chi connectivity index (χ1v) is 8.95. The van der Waals surface area contributed by atoms with Crippen molar-refractivity contribution in [2.75, 3.05) is 0 Å². The van der Waals surface area contributed by atoms with Crippen molar-refractivity contribution in [1.29, 1.82) is 0 Å². The molecule has 0 fully saturated rings. The van der Waals surface area contributed by atoms with E-state index >= 15 is 0 Å². The van der Waals surface area contributed by atoms with Gasteiger partial charge in [0.15, 0.2) is 11.5 Å². The molecule has 3 aromatic rings. The number of amides is 1. The number of benzene rings is 1. The summed E-state index contributed by atoms with van der Waals surface area (Å²) in [5.41, 5.74) is 2.82. The average Bonchev–Trinajstić information content (AvgIpc) is 3.02. The summed E-state index contributed by atoms with van der Waals surface area (Å²) in [6.45, 7) is 7.85. The second-order valence-corrected chi connectivity index (χ2v) is 6.81. The van der Waals surface area contributed by atoms with E-state index < -0.39 is 0 Å². The van der Waals surface area contributed by atoms with Gasteiger partial charge >= 0.3 is 0 Å². The normalized spacial score (nSPS) is 10.7. The predicted molar refractivity (Wildman–Crippen MR) is 107 cm³/mol. The molecule has 2 aromatic heterocycles. The number of aromatic nitrogens is 4. The lowest BCUT2D eigenvalue weighted by molar-refractivity contribution is -0.122. The summed E-state index contributed by atoms with van der Waals surface area (Å²) < 4.78 is 1.87. The molecule has 3 rings (SSSR count). The second-order valence-electron chi connectivity index (χ2n) is 6.81. The lowest BCUT2D eigenvalue weighted by atomic mass is 10.0. The van der Waals surface area contributed by atoms with Crippen LogP contribution < -0.4 is 0 Å². The summed E-state index contributed by atoms with van der Waals surface area (Å²) in [6, 6.07) is 7.71. The van der Waals surface area contributed by atoms with Crippen LogP contribution in [0, 0.1) is 0 Å². The van der Waals surface area contributed by atoms with Gasteiger partial charge in [0, 0.05) is 24.7 Å². The number of hydrogen-bond acceptors (Lipinski definition) is 5. The lowest BCUT2D eigenvalue weighted by Crippen LogP contribution is -2.42. The van der Waals surface area contributed by atoms with Gasteiger partial charge in [-0.1, -0.05) is 18.2 Å². The highest BCUT2D eigenvalue weighted by Gasteiger charge is 2.24. The molecule has 0 aliphatic heterocycles. The first-order chi connectivity index (χ1) is 13.3. The summed E-state index contributed by atoms with van der Waals surface area (Å²) in [7, 11) is 1.90. The highest BCUT2D eigenvalue weighted by atomic mass is 16.3. The summed E-state index contributed by atoms with van der Waals surface area (Å²) in [6.07, 6.45) is 3.45. The van der Waals surface area contributed by atoms with E-state index in [0.717, 1.165) is 11.1 Å². The van der Waals surface area contributed by atoms with E-state index in [9.17, 15) is 4.79 Å². The van der Waals surface area contributed by atoms with Gasteiger partial charge in [0.05, 0.1) is 18.1 Å². The first kappa shape index (κ1) is 21.0. The molecule has 1 N–H and O–H groups in total. The molecule has 0 atom stereocenters. The maximum Gasteiger partial charge on any atom is 0.290 e. The molecule has 8 nitrogen and oxygen atoms in total. The van der Waals surface area contributed by atoms with Crippen LogP contribution in [0.4, 0.5) is 0 Å². The monoisotopic (exact) mass is 383 g/mol. The molecule has 0 spiro atoms. The zero-order chi connectivity index (χ0) is 20.8. The largest absolute Gasteiger partial charge is 0.483 e. The summed E-state index contributed by atoms with van der Waals surface area (Å²) in [4.78, 5) is 36.7. The van der Waals surface area contributed by atoms with Crippen LogP contribution in [0.5, 0.6) is 0 Å². The SMILES string of the molecule is CC(C)N(C(=O)c1ccccc1-c1ncc2c(ncn2C)n1)C(C)C.O=CO. The van der Waals surface area contributed by atoms with Crippen molar-refractivity contribution in [3.63, 3.8) is 0 Å². The number of fused-ring (bicyclic) bond motifs is 1. The Morgan fingerprint density at radius 1 is 1.14 bits per heavy atom. The molecule has 148 valence electrons. The topological polar surface area (TPSA) is 101 Å². The number of carboxylic acid groups (broad SMARTS) is 1. The van der Waals surface area contributed by atoms with Crippen LogP contribution >= 0.6 is 0 Å². The van der Waals surface area contributed by atoms with Crippen LogP contribution in [0.3, 0.4) is 0 Å². The molecule has 2 heterocycles. The summed E-state index contributed by atoms with van der Waals surface area (Å²) >= 11 is 0. The van der Waals surface area contributed by atoms with Crippen molar-refractivity contribution in [3.8, 4) is 11.4 Å². The molecule has 0 aliphatic rings. The molecular formula is C20H25N5O3. The summed E-state index contributed by atoms with van der Waals surface area (Å²) in [5, 5.41) is 6.89. The minimum absolute atomic E-state index is 0.00896. The van der Waals surface area contributed by atoms with E-state index in [2.05, 4.69) is 15.0 Å². The Morgan fingerprint density at radius 3 is 2.36 bits per heavy atom. The van der Waals surface area contributed by atoms with Crippen molar-refractivity contribution in [1.82, 2.24) is 24.4 Å². The highest BCUT2D eigenvalue weighted by Crippen LogP contribution is 2.24. The zero-order valence-corrected chi connectivity index (χ0v) is 16.7. The third-order valence-electron chi connectivity index (χ3n) is 4.23. The van der Waals surface area contributed by atoms with E-state index in [0.29, 0.717) is 17.0 Å². The molecule has 28 heavy (non-hydrogen) atoms. The van der Waals surface area contributed by atoms with E-state index in [4.69, 9.17) is 9.90 Å². The van der Waals surface area contributed by atoms with Gasteiger partial charge in [0.1, 0.15) is 5.52 Å². The Kier molecular flexibility index (Phi) is 6.81. The molecule has 0 aliphatic carbocycles. The fraction of sp³-hybridized carbons (Fsp3) is 0.350. The van der Waals surface area contributed by atoms with Gasteiger partial charge in [-0.3, -0.25) is 9.59 Å². The average molecular weight is 383 g/mol. The van der Waals surface area contributed by atoms with Crippen molar-refractivity contribution in [2.24, 2.45) is 7.05 Å². The van der Waals surface area contributed by atoms with Crippen molar-refractivity contribution in [2.45, 2.75) is 39.8 Å². The minimum Gasteiger partial charge on any atom is -0.483 e. The summed E-state index contributed by atoms with van der Waals surface area (Å²) in [5.74, 6) is 0.507. The zero-order valence-electron chi connectivity index (χ0n) is 16.7. The molecule has 1 aromatic carbocycles. The van der Waals surface area contributed by atoms with Gasteiger partial charge in [-0.2, -0.15) is 0 Å². The Morgan fingerprint density at radius 2 is 1.75 bits per heavy atom. The van der Waals surface area contributed by atoms with Gasteiger partial charge in [-0.15, -0.1) is 0 Å². The standard InChI is InChI=1S/C19H23N5O.CH2O2/c1-12(2)24(13(3)4)19(25)15-9-7-6-8-14(15)17-20-10-16-18(22-17)21-11-23(16)5;2-1-3/h6-13H,1-5H3;1H,(H,2,3). The lowest BCUT2D eigenvalue weighted by Gasteiger charge is -2.31. The molecule has 1 amide bonds. The molecular weight excluding hydrogens is 358 g/mol. The number of imidazole rings is 1. The molecule has 0 saturated carbocycles. The van der Waals surface area contributed by atoms with E-state index in [1.807, 2.05) is 68.5 Å². The van der Waals surface area contributed by atoms with Crippen LogP contribution in [0.1, 0.15) is 38.1 Å². The Balaban J connectivity index is 0.000000878. The fourth-order valence-corrected chi connectivity index (χ4v) is 3.11. The molecule has 0 radical (unpaired) electrons. The van der Waals surface area contributed by atoms with Gasteiger partial charge in [-0.05, 0) is 33.8 Å². The number of hydrogen-bond donors (Lipinski definition) is 1. The first-order valence-electron chi connectivity index (χ1n) is 8.95. The molecule has 0 saturated heterocycles. The maximum atomic E-state index is 13.1. The number of carbonyl (C=O) groups excluding carboxylic acids is 1. The number of carbonyl (C=O) groups is 2. The Labute approximate surface area is 163 Å². The quantitative estimate of drug-likeness (QED) is 0.695. The van der Waals surface area contributed by atoms with Crippen LogP contribution in [-0.2, 0) is 11.8 Å². The van der Waals surface area contributed by atoms with E-state index in [1.165, 1.54) is 0 Å². The van der Waals surface area contributed by atoms with Gasteiger partial charge < -0.3 is 14.6 Å². The van der Waals surface area contributed by atoms with E-state index in [1.54, 1.807) is 12.5 Å². The van der Waals surface area contributed by atoms with Gasteiger partial charge in [0.25, 0.3) is 12.4 Å². The van der Waals surface area contributed by atoms with Gasteiger partial charge in [0.2, 0.25) is 0 Å². The smallest absolute Gasteiger partial charge is 0.290 e. The molecule has 8 heteroatoms. The fourth-order valence-electron chi connectivity index (χ4n) is 3.11. The van der Waals surface area contributed by atoms with Crippen molar-refractivity contribution >= 4 is 23.5 Å². The van der Waals surface area contributed by atoms with E-state index in [-0.39, 0.29) is 24.5 Å². The number of aryl methyl sites for hydroxylation is 1. The maximum absolute atomic E-state index is 13.1. The third kappa shape index (κ3) is 4.33. The van der Waals surface area contributed by atoms with Crippen LogP contribution in [0.25, 0.3) is 22.6 Å². The second kappa shape index (κ2) is 9.07. The third-order valence-corrected chi connectivity index (χ3v) is 4.23. The van der Waals surface area contributed by atoms with Crippen LogP contribution in [0.15, 0.2) is 36.8 Å². The van der Waals surface area contributed by atoms with Crippen molar-refractivity contribution < 1.29 is 14.7 Å². The van der Waals surface area contributed by atoms with Crippen LogP contribution in [-0.4, -0.2) is 54.0 Å². The Bertz CT molecular complexity index is 957. The van der Waals surface area contributed by atoms with Gasteiger partial charge in [-0.25, -0.2) is 15.0 Å². The van der Waals surface area contributed by atoms with Crippen molar-refractivity contribution in [3.05, 3.63) is 42.4 Å². The molecule has 0 bridgehead atoms.